The molecule has 7 rings (SSSR count). The number of hydrazone groups is 1. The van der Waals surface area contributed by atoms with Crippen LogP contribution in [0.25, 0.3) is 5.69 Å². The minimum Gasteiger partial charge on any atom is -0.316 e. The Hall–Kier alpha value is -4.25. The number of H-pyrrole nitrogens is 1. The molecule has 4 heterocycles. The molecule has 3 aliphatic heterocycles. The lowest BCUT2D eigenvalue weighted by Crippen LogP contribution is -2.42. The van der Waals surface area contributed by atoms with Gasteiger partial charge in [-0.3, -0.25) is 14.2 Å². The van der Waals surface area contributed by atoms with Gasteiger partial charge in [0, 0.05) is 10.7 Å². The van der Waals surface area contributed by atoms with Crippen LogP contribution in [0, 0.1) is 10.7 Å². The van der Waals surface area contributed by atoms with Gasteiger partial charge in [-0.05, 0) is 66.5 Å². The summed E-state index contributed by atoms with van der Waals surface area (Å²) in [4.78, 5) is 38.1. The zero-order valence-electron chi connectivity index (χ0n) is 21.6. The zero-order chi connectivity index (χ0) is 28.2. The van der Waals surface area contributed by atoms with Gasteiger partial charge in [-0.15, -0.1) is 0 Å². The maximum atomic E-state index is 14.3. The molecule has 0 aliphatic carbocycles. The molecule has 0 saturated heterocycles. The number of anilines is 1. The number of aromatic amines is 1. The second-order valence-electron chi connectivity index (χ2n) is 9.71. The monoisotopic (exact) mass is 596 g/mol. The highest BCUT2D eigenvalue weighted by Crippen LogP contribution is 2.47. The third-order valence-electron chi connectivity index (χ3n) is 7.25. The van der Waals surface area contributed by atoms with Crippen molar-refractivity contribution in [2.45, 2.75) is 13.0 Å². The zero-order valence-corrected chi connectivity index (χ0v) is 24.0. The molecule has 3 aromatic carbocycles. The summed E-state index contributed by atoms with van der Waals surface area (Å²) in [5.41, 5.74) is 3.64. The molecule has 0 saturated carbocycles. The Bertz CT molecular complexity index is 1920. The van der Waals surface area contributed by atoms with E-state index in [1.54, 1.807) is 12.1 Å². The van der Waals surface area contributed by atoms with Crippen molar-refractivity contribution in [3.63, 3.8) is 0 Å². The largest absolute Gasteiger partial charge is 0.316 e. The van der Waals surface area contributed by atoms with Crippen molar-refractivity contribution in [2.24, 2.45) is 16.0 Å². The molecule has 1 aromatic heterocycles. The number of amidine groups is 1. The minimum absolute atomic E-state index is 0.170. The van der Waals surface area contributed by atoms with E-state index in [1.165, 1.54) is 21.3 Å². The normalized spacial score (nSPS) is 19.5. The fraction of sp³-hybridized carbons (Fsp3) is 0.100. The quantitative estimate of drug-likeness (QED) is 0.269. The Morgan fingerprint density at radius 1 is 0.927 bits per heavy atom. The number of carbonyl (C=O) groups is 1. The lowest BCUT2D eigenvalue weighted by molar-refractivity contribution is -0.119. The predicted octanol–water partition coefficient (Wildman–Crippen LogP) is 6.57. The summed E-state index contributed by atoms with van der Waals surface area (Å²) < 4.78 is 1.73. The van der Waals surface area contributed by atoms with E-state index in [0.717, 1.165) is 5.56 Å². The van der Waals surface area contributed by atoms with E-state index in [1.807, 2.05) is 90.0 Å². The van der Waals surface area contributed by atoms with Crippen molar-refractivity contribution in [1.29, 1.82) is 0 Å². The van der Waals surface area contributed by atoms with Gasteiger partial charge in [0.2, 0.25) is 0 Å². The lowest BCUT2D eigenvalue weighted by Gasteiger charge is -2.37. The first-order chi connectivity index (χ1) is 19.9. The van der Waals surface area contributed by atoms with Crippen LogP contribution in [0.3, 0.4) is 0 Å². The number of aromatic nitrogens is 2. The molecule has 8 nitrogen and oxygen atoms in total. The summed E-state index contributed by atoms with van der Waals surface area (Å²) in [5, 5.41) is 9.19. The maximum absolute atomic E-state index is 14.3. The number of hydrogen-bond acceptors (Lipinski definition) is 7. The van der Waals surface area contributed by atoms with Crippen molar-refractivity contribution < 1.29 is 4.79 Å². The average Bonchev–Trinajstić information content (AvgIpc) is 3.52. The van der Waals surface area contributed by atoms with Crippen molar-refractivity contribution in [3.8, 4) is 5.69 Å². The molecule has 1 amide bonds. The Morgan fingerprint density at radius 2 is 1.59 bits per heavy atom. The number of amides is 1. The fourth-order valence-electron chi connectivity index (χ4n) is 5.41. The van der Waals surface area contributed by atoms with Gasteiger partial charge in [-0.2, -0.15) is 10.1 Å². The van der Waals surface area contributed by atoms with E-state index in [4.69, 9.17) is 28.8 Å². The van der Waals surface area contributed by atoms with Crippen LogP contribution in [-0.2, 0) is 4.79 Å². The summed E-state index contributed by atoms with van der Waals surface area (Å²) in [6.07, 6.45) is 0. The van der Waals surface area contributed by atoms with Crippen LogP contribution in [0.2, 0.25) is 5.02 Å². The Kier molecular flexibility index (Phi) is 6.26. The van der Waals surface area contributed by atoms with E-state index in [9.17, 15) is 9.59 Å². The number of nitrogens with zero attached hydrogens (tertiary/aromatic N) is 5. The number of para-hydroxylation sites is 2. The minimum atomic E-state index is -0.648. The van der Waals surface area contributed by atoms with Crippen LogP contribution < -0.4 is 10.6 Å². The molecule has 1 N–H and O–H groups in total. The highest BCUT2D eigenvalue weighted by molar-refractivity contribution is 8.16. The molecule has 11 heteroatoms. The Labute approximate surface area is 249 Å². The van der Waals surface area contributed by atoms with Crippen molar-refractivity contribution in [2.75, 3.05) is 5.01 Å². The van der Waals surface area contributed by atoms with Gasteiger partial charge < -0.3 is 9.88 Å². The molecule has 202 valence electrons. The third kappa shape index (κ3) is 4.18. The van der Waals surface area contributed by atoms with E-state index >= 15 is 0 Å². The summed E-state index contributed by atoms with van der Waals surface area (Å²) in [5.74, 6) is -0.420. The molecule has 2 unspecified atom stereocenters. The summed E-state index contributed by atoms with van der Waals surface area (Å²) in [7, 11) is 0. The van der Waals surface area contributed by atoms with Gasteiger partial charge in [0.1, 0.15) is 11.7 Å². The average molecular weight is 597 g/mol. The number of aliphatic imine (C=N–C) groups is 1. The van der Waals surface area contributed by atoms with Crippen LogP contribution in [0.5, 0.6) is 0 Å². The van der Waals surface area contributed by atoms with Crippen molar-refractivity contribution in [3.05, 3.63) is 127 Å². The standard InChI is InChI=1S/C30H21ClN6O2S2/c1-17-23(28(39)37(34-17)21-10-6-3-7-11-21)22-16-41-30-33-26-24(25(36(22)30)18-12-14-19(31)15-13-18)27(38)35(29(40)32-26)20-8-4-2-5-9-20/h2-16,23,25H,1H3,(H,32,40). The van der Waals surface area contributed by atoms with Crippen LogP contribution in [0.4, 0.5) is 11.5 Å². The number of halogens is 1. The first kappa shape index (κ1) is 25.7. The van der Waals surface area contributed by atoms with Crippen LogP contribution in [-0.4, -0.2) is 31.2 Å². The first-order valence-electron chi connectivity index (χ1n) is 12.8. The number of nitrogens with one attached hydrogen (secondary N) is 1. The second kappa shape index (κ2) is 9.99. The van der Waals surface area contributed by atoms with Gasteiger partial charge >= 0.3 is 0 Å². The number of thioether (sulfide) groups is 1. The Morgan fingerprint density at radius 3 is 2.27 bits per heavy atom. The molecular weight excluding hydrogens is 576 g/mol. The summed E-state index contributed by atoms with van der Waals surface area (Å²) in [6.45, 7) is 1.85. The first-order valence-corrected chi connectivity index (χ1v) is 14.5. The maximum Gasteiger partial charge on any atom is 0.266 e. The van der Waals surface area contributed by atoms with Gasteiger partial charge in [0.15, 0.2) is 9.94 Å². The van der Waals surface area contributed by atoms with Crippen LogP contribution in [0.1, 0.15) is 24.1 Å². The van der Waals surface area contributed by atoms with E-state index in [-0.39, 0.29) is 16.2 Å². The number of fused-ring (bicyclic) bond motifs is 2. The lowest BCUT2D eigenvalue weighted by atomic mass is 9.93. The molecule has 0 spiro atoms. The molecule has 0 bridgehead atoms. The van der Waals surface area contributed by atoms with E-state index < -0.39 is 12.0 Å². The molecule has 0 radical (unpaired) electrons. The topological polar surface area (TPSA) is 86.1 Å². The molecular formula is C30H21ClN6O2S2. The summed E-state index contributed by atoms with van der Waals surface area (Å²) >= 11 is 13.3. The third-order valence-corrected chi connectivity index (χ3v) is 8.65. The van der Waals surface area contributed by atoms with Gasteiger partial charge in [0.05, 0.1) is 28.7 Å². The number of carbonyl (C=O) groups excluding carboxylic acids is 1. The predicted molar refractivity (Wildman–Crippen MR) is 166 cm³/mol. The Balaban J connectivity index is 1.40. The molecule has 3 aliphatic rings. The molecule has 0 fully saturated rings. The van der Waals surface area contributed by atoms with E-state index in [2.05, 4.69) is 10.1 Å². The van der Waals surface area contributed by atoms with Crippen molar-refractivity contribution in [1.82, 2.24) is 14.5 Å². The smallest absolute Gasteiger partial charge is 0.266 e. The SMILES string of the molecule is CC1=NN(c2ccccc2)C(=O)C1C1=CSC2=Nc3[nH]c(=S)n(-c4ccccc4)c(=O)c3C(c3ccc(Cl)cc3)N12. The summed E-state index contributed by atoms with van der Waals surface area (Å²) in [6, 6.07) is 25.4. The van der Waals surface area contributed by atoms with E-state index in [0.29, 0.717) is 44.4 Å². The highest BCUT2D eigenvalue weighted by Gasteiger charge is 2.47. The number of rotatable bonds is 4. The molecule has 4 aromatic rings. The number of hydrogen-bond donors (Lipinski definition) is 1. The fourth-order valence-corrected chi connectivity index (χ4v) is 6.77. The van der Waals surface area contributed by atoms with Crippen LogP contribution in [0.15, 0.2) is 111 Å². The molecule has 2 atom stereocenters. The second-order valence-corrected chi connectivity index (χ2v) is 11.4. The van der Waals surface area contributed by atoms with Gasteiger partial charge in [-0.25, -0.2) is 4.99 Å². The van der Waals surface area contributed by atoms with Crippen molar-refractivity contribution >= 4 is 63.9 Å². The van der Waals surface area contributed by atoms with Gasteiger partial charge in [-0.1, -0.05) is 71.9 Å². The van der Waals surface area contributed by atoms with Crippen LogP contribution >= 0.6 is 35.6 Å². The molecule has 41 heavy (non-hydrogen) atoms. The van der Waals surface area contributed by atoms with Gasteiger partial charge in [0.25, 0.3) is 11.5 Å². The highest BCUT2D eigenvalue weighted by atomic mass is 35.5. The number of benzene rings is 3.